The summed E-state index contributed by atoms with van der Waals surface area (Å²) in [5, 5.41) is 4.00. The quantitative estimate of drug-likeness (QED) is 0.886. The summed E-state index contributed by atoms with van der Waals surface area (Å²) in [6, 6.07) is 3.46. The number of aromatic nitrogens is 2. The largest absolute Gasteiger partial charge is 0.324 e. The minimum Gasteiger partial charge on any atom is -0.324 e. The van der Waals surface area contributed by atoms with Gasteiger partial charge in [-0.15, -0.1) is 0 Å². The number of benzene rings is 1. The van der Waals surface area contributed by atoms with Crippen molar-refractivity contribution in [2.45, 2.75) is 12.5 Å². The lowest BCUT2D eigenvalue weighted by Crippen LogP contribution is -2.15. The number of hydrogen-bond donors (Lipinski definition) is 1. The third-order valence-corrected chi connectivity index (χ3v) is 2.59. The lowest BCUT2D eigenvalue weighted by atomic mass is 10.0. The minimum atomic E-state index is -0.871. The molecular formula is C12H13F2N3. The van der Waals surface area contributed by atoms with Crippen LogP contribution in [0.4, 0.5) is 8.78 Å². The summed E-state index contributed by atoms with van der Waals surface area (Å²) in [4.78, 5) is 0. The van der Waals surface area contributed by atoms with Gasteiger partial charge in [0, 0.05) is 24.8 Å². The smallest absolute Gasteiger partial charge is 0.163 e. The van der Waals surface area contributed by atoms with Crippen molar-refractivity contribution in [1.82, 2.24) is 9.78 Å². The summed E-state index contributed by atoms with van der Waals surface area (Å²) >= 11 is 0. The SMILES string of the molecule is Cn1cc(CC(N)c2cccc(F)c2F)cn1. The lowest BCUT2D eigenvalue weighted by molar-refractivity contribution is 0.488. The number of halogens is 2. The number of aryl methyl sites for hydroxylation is 1. The molecule has 2 N–H and O–H groups in total. The number of nitrogens with two attached hydrogens (primary N) is 1. The van der Waals surface area contributed by atoms with E-state index in [1.165, 1.54) is 12.1 Å². The monoisotopic (exact) mass is 237 g/mol. The molecule has 1 heterocycles. The Bertz CT molecular complexity index is 522. The van der Waals surface area contributed by atoms with Gasteiger partial charge >= 0.3 is 0 Å². The van der Waals surface area contributed by atoms with Crippen LogP contribution in [0.5, 0.6) is 0 Å². The third-order valence-electron chi connectivity index (χ3n) is 2.59. The van der Waals surface area contributed by atoms with E-state index < -0.39 is 17.7 Å². The zero-order chi connectivity index (χ0) is 12.4. The molecule has 0 bridgehead atoms. The Morgan fingerprint density at radius 3 is 2.82 bits per heavy atom. The zero-order valence-electron chi connectivity index (χ0n) is 9.40. The first-order valence-electron chi connectivity index (χ1n) is 5.25. The fourth-order valence-electron chi connectivity index (χ4n) is 1.75. The van der Waals surface area contributed by atoms with Crippen molar-refractivity contribution >= 4 is 0 Å². The highest BCUT2D eigenvalue weighted by Crippen LogP contribution is 2.20. The first kappa shape index (κ1) is 11.7. The molecule has 1 aromatic carbocycles. The van der Waals surface area contributed by atoms with Crippen LogP contribution in [0, 0.1) is 11.6 Å². The Morgan fingerprint density at radius 2 is 2.18 bits per heavy atom. The van der Waals surface area contributed by atoms with E-state index in [1.54, 1.807) is 24.1 Å². The molecule has 17 heavy (non-hydrogen) atoms. The van der Waals surface area contributed by atoms with Crippen molar-refractivity contribution < 1.29 is 8.78 Å². The maximum absolute atomic E-state index is 13.5. The molecule has 0 saturated heterocycles. The van der Waals surface area contributed by atoms with Gasteiger partial charge in [-0.25, -0.2) is 8.78 Å². The molecule has 3 nitrogen and oxygen atoms in total. The van der Waals surface area contributed by atoms with Gasteiger partial charge < -0.3 is 5.73 Å². The molecule has 0 spiro atoms. The molecule has 0 amide bonds. The van der Waals surface area contributed by atoms with Gasteiger partial charge in [-0.1, -0.05) is 12.1 Å². The summed E-state index contributed by atoms with van der Waals surface area (Å²) in [6.45, 7) is 0. The van der Waals surface area contributed by atoms with Crippen molar-refractivity contribution in [2.24, 2.45) is 12.8 Å². The van der Waals surface area contributed by atoms with Crippen molar-refractivity contribution in [3.63, 3.8) is 0 Å². The van der Waals surface area contributed by atoms with Gasteiger partial charge in [-0.2, -0.15) is 5.10 Å². The third kappa shape index (κ3) is 2.50. The van der Waals surface area contributed by atoms with E-state index in [0.717, 1.165) is 11.6 Å². The van der Waals surface area contributed by atoms with Crippen LogP contribution in [0.15, 0.2) is 30.6 Å². The first-order chi connectivity index (χ1) is 8.08. The highest BCUT2D eigenvalue weighted by molar-refractivity contribution is 5.24. The molecule has 0 radical (unpaired) electrons. The second-order valence-electron chi connectivity index (χ2n) is 3.98. The van der Waals surface area contributed by atoms with Crippen molar-refractivity contribution in [1.29, 1.82) is 0 Å². The topological polar surface area (TPSA) is 43.8 Å². The van der Waals surface area contributed by atoms with E-state index in [-0.39, 0.29) is 5.56 Å². The molecule has 1 unspecified atom stereocenters. The standard InChI is InChI=1S/C12H13F2N3/c1-17-7-8(6-16-17)5-11(15)9-3-2-4-10(13)12(9)14/h2-4,6-7,11H,5,15H2,1H3. The second kappa shape index (κ2) is 4.63. The van der Waals surface area contributed by atoms with E-state index in [4.69, 9.17) is 5.73 Å². The van der Waals surface area contributed by atoms with Crippen LogP contribution in [0.3, 0.4) is 0 Å². The second-order valence-corrected chi connectivity index (χ2v) is 3.98. The Morgan fingerprint density at radius 1 is 1.41 bits per heavy atom. The average Bonchev–Trinajstić information content (AvgIpc) is 2.68. The Balaban J connectivity index is 2.20. The Kier molecular flexibility index (Phi) is 3.19. The molecule has 0 aliphatic rings. The molecule has 0 fully saturated rings. The molecule has 90 valence electrons. The van der Waals surface area contributed by atoms with Gasteiger partial charge in [0.1, 0.15) is 0 Å². The Hall–Kier alpha value is -1.75. The van der Waals surface area contributed by atoms with E-state index in [1.807, 2.05) is 0 Å². The summed E-state index contributed by atoms with van der Waals surface area (Å²) in [5.41, 5.74) is 6.94. The van der Waals surface area contributed by atoms with E-state index in [9.17, 15) is 8.78 Å². The summed E-state index contributed by atoms with van der Waals surface area (Å²) in [7, 11) is 1.79. The number of nitrogens with zero attached hydrogens (tertiary/aromatic N) is 2. The molecule has 0 aliphatic heterocycles. The maximum atomic E-state index is 13.5. The lowest BCUT2D eigenvalue weighted by Gasteiger charge is -2.11. The van der Waals surface area contributed by atoms with Crippen molar-refractivity contribution in [2.75, 3.05) is 0 Å². The number of rotatable bonds is 3. The van der Waals surface area contributed by atoms with E-state index in [0.29, 0.717) is 6.42 Å². The summed E-state index contributed by atoms with van der Waals surface area (Å²) in [5.74, 6) is -1.74. The van der Waals surface area contributed by atoms with Gasteiger partial charge in [0.15, 0.2) is 11.6 Å². The highest BCUT2D eigenvalue weighted by atomic mass is 19.2. The molecule has 1 atom stereocenters. The van der Waals surface area contributed by atoms with Crippen LogP contribution in [-0.2, 0) is 13.5 Å². The van der Waals surface area contributed by atoms with Crippen LogP contribution < -0.4 is 5.73 Å². The zero-order valence-corrected chi connectivity index (χ0v) is 9.40. The van der Waals surface area contributed by atoms with Crippen LogP contribution in [0.25, 0.3) is 0 Å². The van der Waals surface area contributed by atoms with Gasteiger partial charge in [0.05, 0.1) is 6.20 Å². The van der Waals surface area contributed by atoms with Crippen LogP contribution in [-0.4, -0.2) is 9.78 Å². The summed E-state index contributed by atoms with van der Waals surface area (Å²) in [6.07, 6.45) is 3.89. The van der Waals surface area contributed by atoms with E-state index >= 15 is 0 Å². The van der Waals surface area contributed by atoms with Crippen molar-refractivity contribution in [3.05, 3.63) is 53.4 Å². The Labute approximate surface area is 97.9 Å². The van der Waals surface area contributed by atoms with E-state index in [2.05, 4.69) is 5.10 Å². The maximum Gasteiger partial charge on any atom is 0.163 e. The number of hydrogen-bond acceptors (Lipinski definition) is 2. The van der Waals surface area contributed by atoms with Crippen LogP contribution in [0.1, 0.15) is 17.2 Å². The van der Waals surface area contributed by atoms with Crippen LogP contribution in [0.2, 0.25) is 0 Å². The predicted octanol–water partition coefficient (Wildman–Crippen LogP) is 1.94. The predicted molar refractivity (Wildman–Crippen MR) is 60.2 cm³/mol. The van der Waals surface area contributed by atoms with Gasteiger partial charge in [-0.05, 0) is 18.1 Å². The minimum absolute atomic E-state index is 0.189. The van der Waals surface area contributed by atoms with Gasteiger partial charge in [0.2, 0.25) is 0 Å². The molecule has 1 aromatic heterocycles. The van der Waals surface area contributed by atoms with Gasteiger partial charge in [0.25, 0.3) is 0 Å². The summed E-state index contributed by atoms with van der Waals surface area (Å²) < 4.78 is 28.2. The highest BCUT2D eigenvalue weighted by Gasteiger charge is 2.15. The molecule has 2 rings (SSSR count). The molecule has 0 aliphatic carbocycles. The van der Waals surface area contributed by atoms with Crippen molar-refractivity contribution in [3.8, 4) is 0 Å². The molecule has 0 saturated carbocycles. The van der Waals surface area contributed by atoms with Crippen LogP contribution >= 0.6 is 0 Å². The normalized spacial score (nSPS) is 12.7. The molecular weight excluding hydrogens is 224 g/mol. The van der Waals surface area contributed by atoms with Gasteiger partial charge in [-0.3, -0.25) is 4.68 Å². The average molecular weight is 237 g/mol. The fourth-order valence-corrected chi connectivity index (χ4v) is 1.75. The first-order valence-corrected chi connectivity index (χ1v) is 5.25. The molecule has 2 aromatic rings. The fraction of sp³-hybridized carbons (Fsp3) is 0.250. The molecule has 5 heteroatoms.